The molecule has 0 saturated carbocycles. The van der Waals surface area contributed by atoms with Crippen molar-refractivity contribution in [3.05, 3.63) is 183 Å². The number of nitrogens with one attached hydrogen (secondary N) is 2. The number of nitrogens with zero attached hydrogens (tertiary/aromatic N) is 24. The fourth-order valence-electron chi connectivity index (χ4n) is 21.9. The number of rotatable bonds is 25. The Bertz CT molecular complexity index is 6410. The fraction of sp³-hybridized carbons (Fsp3) is 0.549. The normalized spacial score (nSPS) is 20.5. The number of β-amino-alcohol motifs (C(OH)–C–C–N with tert-alkyl or cyclic N) is 1. The van der Waals surface area contributed by atoms with Crippen molar-refractivity contribution < 1.29 is 41.0 Å². The number of anilines is 4. The standard InChI is InChI=1S/2C26H33Cl2N7O.C25H29Cl2F3N6O.C25H29Cl2F3N6/c2*1-16-25-26(35(32-16)17(2)22-7-6-21(27)11-23(22)28)31-24(12-30-25)34-14-20(15-34)19-5-4-9-33(13-19)10-8-29-18(3)36;1-14(37)10-34-7-3-4-16(11-34)17-12-35(13-17)21-9-31-22-23(25(28,29)30)33-36(24(22)32-21)15(2)19-6-5-18(26)8-20(19)27;1-14(2)34-8-4-5-16(11-34)17-12-35(13-17)21-10-31-22-23(25(28,29)30)33-36(24(22)32-21)15(3)19-7-6-18(26)9-20(19)27/h2*6-7,11-12,17,19-20H,4-5,8-10,13-15H2,1-3H3,(H,29,36);5-6,8-9,14-17,37H,3-4,7,10-13H2,1-2H3;6-7,9-10,14-17H,4-5,8,11-13H2,1-3H3/t17-,19+;17-,19-;14-,15-,16+;15-,16+/m1111/s1. The summed E-state index contributed by atoms with van der Waals surface area (Å²) in [7, 11) is 0. The third-order valence-electron chi connectivity index (χ3n) is 30.1. The predicted octanol–water partition coefficient (Wildman–Crippen LogP) is 20.3. The molecule has 3 N–H and O–H groups in total. The Kier molecular flexibility index (Phi) is 33.8. The highest BCUT2D eigenvalue weighted by Crippen LogP contribution is 2.45. The average Bonchev–Trinajstić information content (AvgIpc) is 1.60. The number of aromatic nitrogens is 16. The molecule has 8 fully saturated rings. The molecule has 8 aliphatic rings. The number of carbonyl (C=O) groups is 2. The van der Waals surface area contributed by atoms with Crippen molar-refractivity contribution in [2.75, 3.05) is 157 Å². The van der Waals surface area contributed by atoms with E-state index in [1.54, 1.807) is 83.1 Å². The maximum atomic E-state index is 13.8. The first kappa shape index (κ1) is 107. The highest BCUT2D eigenvalue weighted by Gasteiger charge is 2.46. The van der Waals surface area contributed by atoms with Crippen molar-refractivity contribution >= 4 is 173 Å². The van der Waals surface area contributed by atoms with Crippen LogP contribution in [0.2, 0.25) is 40.2 Å². The lowest BCUT2D eigenvalue weighted by molar-refractivity contribution is -0.141. The van der Waals surface area contributed by atoms with Crippen LogP contribution in [0.5, 0.6) is 0 Å². The van der Waals surface area contributed by atoms with Gasteiger partial charge in [-0.3, -0.25) is 9.59 Å². The van der Waals surface area contributed by atoms with Gasteiger partial charge in [-0.15, -0.1) is 0 Å². The summed E-state index contributed by atoms with van der Waals surface area (Å²) in [5.41, 5.74) is 5.43. The van der Waals surface area contributed by atoms with E-state index in [9.17, 15) is 41.0 Å². The highest BCUT2D eigenvalue weighted by molar-refractivity contribution is 6.37. The van der Waals surface area contributed by atoms with E-state index in [0.29, 0.717) is 123 Å². The van der Waals surface area contributed by atoms with Crippen molar-refractivity contribution in [1.82, 2.24) is 109 Å². The summed E-state index contributed by atoms with van der Waals surface area (Å²) in [5, 5.41) is 36.9. The zero-order chi connectivity index (χ0) is 103. The molecule has 0 spiro atoms. The van der Waals surface area contributed by atoms with Crippen LogP contribution in [-0.4, -0.2) is 265 Å². The van der Waals surface area contributed by atoms with Gasteiger partial charge >= 0.3 is 12.4 Å². The Hall–Kier alpha value is -9.08. The number of alkyl halides is 6. The minimum Gasteiger partial charge on any atom is -0.392 e. The number of hydrogen-bond acceptors (Lipinski definition) is 23. The van der Waals surface area contributed by atoms with Crippen molar-refractivity contribution in [2.24, 2.45) is 47.3 Å². The number of halogens is 14. The summed E-state index contributed by atoms with van der Waals surface area (Å²) in [4.78, 5) is 78.0. The van der Waals surface area contributed by atoms with Crippen molar-refractivity contribution in [3.8, 4) is 0 Å². The summed E-state index contributed by atoms with van der Waals surface area (Å²) in [6.45, 7) is 40.7. The van der Waals surface area contributed by atoms with Gasteiger partial charge in [0.1, 0.15) is 45.3 Å². The molecule has 8 saturated heterocycles. The highest BCUT2D eigenvalue weighted by atomic mass is 35.5. The number of fused-ring (bicyclic) bond motifs is 4. The monoisotopic (exact) mass is 2150 g/mol. The van der Waals surface area contributed by atoms with Gasteiger partial charge in [0, 0.05) is 171 Å². The van der Waals surface area contributed by atoms with Crippen LogP contribution in [0, 0.1) is 61.2 Å². The largest absolute Gasteiger partial charge is 0.437 e. The van der Waals surface area contributed by atoms with E-state index in [-0.39, 0.29) is 52.3 Å². The van der Waals surface area contributed by atoms with Crippen LogP contribution in [-0.2, 0) is 21.9 Å². The zero-order valence-corrected chi connectivity index (χ0v) is 89.2. The lowest BCUT2D eigenvalue weighted by Gasteiger charge is -2.47. The second-order valence-corrected chi connectivity index (χ2v) is 44.0. The molecule has 778 valence electrons. The molecule has 16 heterocycles. The Morgan fingerprint density at radius 3 is 0.945 bits per heavy atom. The lowest BCUT2D eigenvalue weighted by atomic mass is 9.80. The van der Waals surface area contributed by atoms with E-state index in [0.717, 1.165) is 200 Å². The van der Waals surface area contributed by atoms with E-state index in [4.69, 9.17) is 123 Å². The second kappa shape index (κ2) is 45.8. The molecule has 4 aromatic carbocycles. The van der Waals surface area contributed by atoms with Gasteiger partial charge in [0.15, 0.2) is 34.0 Å². The maximum absolute atomic E-state index is 13.8. The van der Waals surface area contributed by atoms with Gasteiger partial charge in [-0.05, 0) is 258 Å². The Balaban J connectivity index is 0.000000132. The van der Waals surface area contributed by atoms with Gasteiger partial charge in [-0.1, -0.05) is 117 Å². The van der Waals surface area contributed by atoms with Crippen LogP contribution in [0.15, 0.2) is 97.6 Å². The molecule has 12 aromatic rings. The Morgan fingerprint density at radius 2 is 0.655 bits per heavy atom. The van der Waals surface area contributed by atoms with Crippen molar-refractivity contribution in [2.45, 2.75) is 176 Å². The van der Waals surface area contributed by atoms with E-state index >= 15 is 0 Å². The zero-order valence-electron chi connectivity index (χ0n) is 83.1. The number of likely N-dealkylation sites (tertiary alicyclic amines) is 4. The molecule has 43 heteroatoms. The number of aliphatic hydroxyl groups is 1. The first-order valence-electron chi connectivity index (χ1n) is 50.1. The SMILES string of the molecule is CC(=O)NCCN1CCC[C@@H](C2CN(c3cnc4c(C)nn([C@H](C)c5ccc(Cl)cc5Cl)c4n3)C2)C1.CC(=O)NCCN1CCC[C@H](C2CN(c3cnc4c(C)nn([C@H](C)c5ccc(Cl)cc5Cl)c4n3)C2)C1.CC(C)N1CCC[C@H](C2CN(c3cnc4c(C(F)(F)F)nn([C@H](C)c5ccc(Cl)cc5Cl)c4n3)C2)C1.C[C@H](c1ccc(Cl)cc1Cl)n1nc(C(F)(F)F)c2ncc(N3CC([C@H]4CCCN(C[C@@H](C)O)C4)C3)nc21. The molecule has 8 aliphatic heterocycles. The van der Waals surface area contributed by atoms with Gasteiger partial charge in [0.25, 0.3) is 0 Å². The molecule has 0 unspecified atom stereocenters. The molecule has 9 atom stereocenters. The first-order chi connectivity index (χ1) is 69.1. The second-order valence-electron chi connectivity index (χ2n) is 40.6. The molecule has 0 bridgehead atoms. The first-order valence-corrected chi connectivity index (χ1v) is 53.1. The van der Waals surface area contributed by atoms with Gasteiger partial charge in [-0.2, -0.15) is 46.7 Å². The molecule has 8 aromatic heterocycles. The van der Waals surface area contributed by atoms with E-state index < -0.39 is 35.8 Å². The van der Waals surface area contributed by atoms with Crippen LogP contribution in [0.3, 0.4) is 0 Å². The molecular weight excluding hydrogens is 2030 g/mol. The van der Waals surface area contributed by atoms with Crippen LogP contribution < -0.4 is 30.2 Å². The van der Waals surface area contributed by atoms with Crippen LogP contribution in [0.1, 0.15) is 183 Å². The van der Waals surface area contributed by atoms with Crippen molar-refractivity contribution in [1.29, 1.82) is 0 Å². The van der Waals surface area contributed by atoms with E-state index in [1.807, 2.05) is 59.9 Å². The number of amides is 2. The number of piperidine rings is 4. The molecular formula is C102H124Cl8F6N26O3. The van der Waals surface area contributed by atoms with E-state index in [1.165, 1.54) is 60.3 Å². The molecule has 20 rings (SSSR count). The van der Waals surface area contributed by atoms with Crippen LogP contribution >= 0.6 is 92.8 Å². The smallest absolute Gasteiger partial charge is 0.392 e. The van der Waals surface area contributed by atoms with Crippen molar-refractivity contribution in [3.63, 3.8) is 0 Å². The molecule has 0 aliphatic carbocycles. The van der Waals surface area contributed by atoms with Gasteiger partial charge < -0.3 is 54.9 Å². The fourth-order valence-corrected chi connectivity index (χ4v) is 24.1. The lowest BCUT2D eigenvalue weighted by Crippen LogP contribution is -2.54. The molecule has 2 amide bonds. The van der Waals surface area contributed by atoms with Gasteiger partial charge in [0.2, 0.25) is 11.8 Å². The average molecular weight is 2160 g/mol. The predicted molar refractivity (Wildman–Crippen MR) is 561 cm³/mol. The topological polar surface area (TPSA) is 279 Å². The minimum atomic E-state index is -4.68. The van der Waals surface area contributed by atoms with Crippen LogP contribution in [0.25, 0.3) is 44.7 Å². The maximum Gasteiger partial charge on any atom is 0.437 e. The minimum absolute atomic E-state index is 0.0402. The third-order valence-corrected chi connectivity index (χ3v) is 32.4. The summed E-state index contributed by atoms with van der Waals surface area (Å²) in [6, 6.07) is 20.0. The number of aliphatic hydroxyl groups excluding tert-OH is 1. The quantitative estimate of drug-likeness (QED) is 0.0448. The summed E-state index contributed by atoms with van der Waals surface area (Å²) >= 11 is 49.9. The van der Waals surface area contributed by atoms with E-state index in [2.05, 4.69) is 108 Å². The summed E-state index contributed by atoms with van der Waals surface area (Å²) in [6.07, 6.45) is 6.53. The summed E-state index contributed by atoms with van der Waals surface area (Å²) in [5.74, 6) is 7.82. The Morgan fingerprint density at radius 1 is 0.379 bits per heavy atom. The van der Waals surface area contributed by atoms with Crippen LogP contribution in [0.4, 0.5) is 49.6 Å². The Labute approximate surface area is 880 Å². The number of benzene rings is 4. The summed E-state index contributed by atoms with van der Waals surface area (Å²) < 4.78 is 89.2. The molecule has 145 heavy (non-hydrogen) atoms. The number of aryl methyl sites for hydroxylation is 2. The number of carbonyl (C=O) groups excluding carboxylic acids is 2. The molecule has 29 nitrogen and oxygen atoms in total. The third kappa shape index (κ3) is 24.7. The van der Waals surface area contributed by atoms with Gasteiger partial charge in [-0.25, -0.2) is 58.6 Å². The number of hydrogen-bond donors (Lipinski definition) is 3. The molecule has 0 radical (unpaired) electrons. The van der Waals surface area contributed by atoms with Gasteiger partial charge in [0.05, 0.1) is 66.4 Å².